The van der Waals surface area contributed by atoms with E-state index >= 15 is 0 Å². The van der Waals surface area contributed by atoms with Gasteiger partial charge in [0, 0.05) is 19.6 Å². The summed E-state index contributed by atoms with van der Waals surface area (Å²) in [6, 6.07) is 2.95. The molecule has 11 nitrogen and oxygen atoms in total. The molecule has 1 unspecified atom stereocenters. The van der Waals surface area contributed by atoms with E-state index in [0.29, 0.717) is 12.8 Å². The molecule has 1 aromatic carbocycles. The van der Waals surface area contributed by atoms with Gasteiger partial charge >= 0.3 is 28.2 Å². The number of benzene rings is 1. The van der Waals surface area contributed by atoms with Crippen LogP contribution in [0.5, 0.6) is 5.75 Å². The number of rotatable bonds is 12. The molecular weight excluding hydrogens is 454 g/mol. The monoisotopic (exact) mass is 483 g/mol. The molecule has 1 fully saturated rings. The Morgan fingerprint density at radius 3 is 2.33 bits per heavy atom. The number of nitrogens with zero attached hydrogens (tertiary/aromatic N) is 2. The van der Waals surface area contributed by atoms with Crippen molar-refractivity contribution in [2.24, 2.45) is 0 Å². The Hall–Kier alpha value is -2.99. The summed E-state index contributed by atoms with van der Waals surface area (Å²) in [5.41, 5.74) is 0.279. The number of aldehydes is 1. The van der Waals surface area contributed by atoms with E-state index < -0.39 is 34.3 Å². The first kappa shape index (κ1) is 26.3. The predicted molar refractivity (Wildman–Crippen MR) is 118 cm³/mol. The number of carbonyl (C=O) groups excluding carboxylic acids is 4. The minimum absolute atomic E-state index is 0.0129. The van der Waals surface area contributed by atoms with Crippen molar-refractivity contribution in [1.29, 1.82) is 0 Å². The summed E-state index contributed by atoms with van der Waals surface area (Å²) in [5, 5.41) is 2.38. The molecular formula is C21H29N3O8S. The fraction of sp³-hybridized carbons (Fsp3) is 0.524. The summed E-state index contributed by atoms with van der Waals surface area (Å²) in [4.78, 5) is 51.1. The first-order chi connectivity index (χ1) is 15.7. The highest BCUT2D eigenvalue weighted by molar-refractivity contribution is 7.81. The average Bonchev–Trinajstić information content (AvgIpc) is 2.76. The molecule has 1 atom stereocenters. The second-order valence-electron chi connectivity index (χ2n) is 7.66. The molecule has 0 saturated carbocycles. The van der Waals surface area contributed by atoms with Crippen LogP contribution in [0.2, 0.25) is 0 Å². The van der Waals surface area contributed by atoms with Crippen LogP contribution in [0.1, 0.15) is 57.1 Å². The summed E-state index contributed by atoms with van der Waals surface area (Å²) in [5.74, 6) is -1.90. The molecule has 33 heavy (non-hydrogen) atoms. The van der Waals surface area contributed by atoms with Gasteiger partial charge in [0.15, 0.2) is 0 Å². The van der Waals surface area contributed by atoms with E-state index in [-0.39, 0.29) is 24.4 Å². The molecule has 0 aromatic heterocycles. The van der Waals surface area contributed by atoms with Gasteiger partial charge in [0.05, 0.1) is 0 Å². The number of carbonyl (C=O) groups is 4. The van der Waals surface area contributed by atoms with Gasteiger partial charge in [-0.15, -0.1) is 0 Å². The van der Waals surface area contributed by atoms with Crippen LogP contribution in [0.4, 0.5) is 4.79 Å². The van der Waals surface area contributed by atoms with E-state index in [1.165, 1.54) is 35.6 Å². The third-order valence-electron chi connectivity index (χ3n) is 5.19. The van der Waals surface area contributed by atoms with Crippen molar-refractivity contribution in [3.63, 3.8) is 0 Å². The van der Waals surface area contributed by atoms with Crippen molar-refractivity contribution in [2.45, 2.75) is 51.5 Å². The second-order valence-corrected chi connectivity index (χ2v) is 8.68. The molecule has 0 bridgehead atoms. The number of piperazine rings is 1. The van der Waals surface area contributed by atoms with Crippen molar-refractivity contribution < 1.29 is 36.3 Å². The molecule has 1 saturated heterocycles. The number of hydrogen-bond acceptors (Lipinski definition) is 7. The van der Waals surface area contributed by atoms with E-state index in [2.05, 4.69) is 16.4 Å². The highest BCUT2D eigenvalue weighted by Crippen LogP contribution is 2.19. The van der Waals surface area contributed by atoms with Crippen LogP contribution >= 0.6 is 0 Å². The first-order valence-corrected chi connectivity index (χ1v) is 12.2. The van der Waals surface area contributed by atoms with Crippen LogP contribution in [-0.4, -0.2) is 66.5 Å². The molecule has 1 aliphatic rings. The van der Waals surface area contributed by atoms with Crippen LogP contribution in [-0.2, 0) is 24.8 Å². The van der Waals surface area contributed by atoms with Crippen LogP contribution in [0.15, 0.2) is 24.3 Å². The van der Waals surface area contributed by atoms with Gasteiger partial charge < -0.3 is 19.2 Å². The number of nitrogens with one attached hydrogen (secondary N) is 1. The number of unbranched alkanes of at least 4 members (excludes halogenated alkanes) is 5. The zero-order valence-corrected chi connectivity index (χ0v) is 19.3. The molecule has 2 N–H and O–H groups in total. The quantitative estimate of drug-likeness (QED) is 0.198. The zero-order valence-electron chi connectivity index (χ0n) is 18.4. The summed E-state index contributed by atoms with van der Waals surface area (Å²) in [6.45, 7) is 2.83. The van der Waals surface area contributed by atoms with Gasteiger partial charge in [-0.1, -0.05) is 51.2 Å². The van der Waals surface area contributed by atoms with E-state index in [9.17, 15) is 27.6 Å². The Bertz CT molecular complexity index is 949. The summed E-state index contributed by atoms with van der Waals surface area (Å²) in [6.07, 6.45) is 6.74. The first-order valence-electron chi connectivity index (χ1n) is 10.8. The smallest absolute Gasteiger partial charge is 0.362 e. The van der Waals surface area contributed by atoms with Crippen LogP contribution < -0.4 is 9.50 Å². The maximum absolute atomic E-state index is 12.5. The predicted octanol–water partition coefficient (Wildman–Crippen LogP) is 1.85. The highest BCUT2D eigenvalue weighted by Gasteiger charge is 2.36. The van der Waals surface area contributed by atoms with Crippen molar-refractivity contribution in [3.8, 4) is 5.75 Å². The average molecular weight is 484 g/mol. The van der Waals surface area contributed by atoms with Crippen molar-refractivity contribution in [3.05, 3.63) is 29.8 Å². The summed E-state index contributed by atoms with van der Waals surface area (Å²) < 4.78 is 34.5. The van der Waals surface area contributed by atoms with E-state index in [1.54, 1.807) is 0 Å². The van der Waals surface area contributed by atoms with Gasteiger partial charge in [-0.05, 0) is 24.1 Å². The molecule has 1 aromatic rings. The molecule has 4 amide bonds. The summed E-state index contributed by atoms with van der Waals surface area (Å²) >= 11 is 0. The SMILES string of the molecule is CCCCCCCCN1CCN(C(=O)NC(C=O)c2ccc(OS(=O)(=O)O)cc2)C(=O)C1=O. The van der Waals surface area contributed by atoms with Gasteiger partial charge in [-0.3, -0.25) is 19.0 Å². The fourth-order valence-corrected chi connectivity index (χ4v) is 3.78. The lowest BCUT2D eigenvalue weighted by atomic mass is 10.1. The minimum Gasteiger partial charge on any atom is -0.362 e. The van der Waals surface area contributed by atoms with Gasteiger partial charge in [-0.25, -0.2) is 4.79 Å². The largest absolute Gasteiger partial charge is 0.446 e. The Kier molecular flexibility index (Phi) is 9.79. The standard InChI is InChI=1S/C21H29N3O8S/c1-2-3-4-5-6-7-12-23-13-14-24(20(27)19(23)26)21(28)22-18(15-25)16-8-10-17(11-9-16)32-33(29,30)31/h8-11,15,18H,2-7,12-14H2,1H3,(H,22,28)(H,29,30,31). The molecule has 182 valence electrons. The van der Waals surface area contributed by atoms with Crippen molar-refractivity contribution >= 4 is 34.5 Å². The Labute approximate surface area is 193 Å². The van der Waals surface area contributed by atoms with Gasteiger partial charge in [-0.2, -0.15) is 8.42 Å². The van der Waals surface area contributed by atoms with Gasteiger partial charge in [0.25, 0.3) is 0 Å². The van der Waals surface area contributed by atoms with E-state index in [4.69, 9.17) is 4.55 Å². The van der Waals surface area contributed by atoms with Gasteiger partial charge in [0.2, 0.25) is 0 Å². The minimum atomic E-state index is -4.70. The Morgan fingerprint density at radius 1 is 1.09 bits per heavy atom. The molecule has 0 spiro atoms. The number of hydrogen-bond donors (Lipinski definition) is 2. The molecule has 12 heteroatoms. The van der Waals surface area contributed by atoms with Crippen LogP contribution in [0.25, 0.3) is 0 Å². The van der Waals surface area contributed by atoms with Crippen molar-refractivity contribution in [2.75, 3.05) is 19.6 Å². The Balaban J connectivity index is 1.90. The van der Waals surface area contributed by atoms with Crippen LogP contribution in [0, 0.1) is 0 Å². The van der Waals surface area contributed by atoms with E-state index in [1.807, 2.05) is 0 Å². The lowest BCUT2D eigenvalue weighted by molar-refractivity contribution is -0.153. The third kappa shape index (κ3) is 8.13. The number of urea groups is 1. The highest BCUT2D eigenvalue weighted by atomic mass is 32.3. The normalized spacial score (nSPS) is 15.3. The zero-order chi connectivity index (χ0) is 24.4. The molecule has 0 radical (unpaired) electrons. The topological polar surface area (TPSA) is 150 Å². The lowest BCUT2D eigenvalue weighted by Crippen LogP contribution is -2.58. The fourth-order valence-electron chi connectivity index (χ4n) is 3.42. The Morgan fingerprint density at radius 2 is 1.73 bits per heavy atom. The van der Waals surface area contributed by atoms with E-state index in [0.717, 1.165) is 37.0 Å². The number of imide groups is 1. The third-order valence-corrected chi connectivity index (χ3v) is 5.59. The molecule has 1 aliphatic heterocycles. The van der Waals surface area contributed by atoms with Gasteiger partial charge in [0.1, 0.15) is 18.1 Å². The number of amides is 4. The molecule has 0 aliphatic carbocycles. The van der Waals surface area contributed by atoms with Crippen molar-refractivity contribution in [1.82, 2.24) is 15.1 Å². The van der Waals surface area contributed by atoms with Crippen LogP contribution in [0.3, 0.4) is 0 Å². The maximum atomic E-state index is 12.5. The molecule has 2 rings (SSSR count). The summed E-state index contributed by atoms with van der Waals surface area (Å²) in [7, 11) is -4.70. The molecule has 1 heterocycles. The second kappa shape index (κ2) is 12.3. The maximum Gasteiger partial charge on any atom is 0.446 e. The lowest BCUT2D eigenvalue weighted by Gasteiger charge is -2.33.